The van der Waals surface area contributed by atoms with Crippen LogP contribution in [0.4, 0.5) is 4.39 Å². The Hall–Kier alpha value is -0.890. The largest absolute Gasteiger partial charge is 0.207 e. The molecule has 0 aliphatic heterocycles. The first-order valence-corrected chi connectivity index (χ1v) is 4.14. The Balaban J connectivity index is 2.82. The molecule has 0 aromatic carbocycles. The molecular formula is C9H9FS. The number of thiophene rings is 1. The molecule has 0 saturated carbocycles. The molecule has 0 amide bonds. The van der Waals surface area contributed by atoms with Crippen molar-refractivity contribution in [3.8, 4) is 0 Å². The molecule has 0 saturated heterocycles. The fraction of sp³-hybridized carbons (Fsp3) is 0.111. The third-order valence-corrected chi connectivity index (χ3v) is 2.04. The van der Waals surface area contributed by atoms with Gasteiger partial charge in [0.2, 0.25) is 0 Å². The van der Waals surface area contributed by atoms with Crippen molar-refractivity contribution in [2.24, 2.45) is 0 Å². The topological polar surface area (TPSA) is 0 Å². The molecule has 0 fully saturated rings. The van der Waals surface area contributed by atoms with Gasteiger partial charge in [0.05, 0.1) is 0 Å². The second kappa shape index (κ2) is 3.49. The number of rotatable bonds is 2. The minimum absolute atomic E-state index is 0.243. The van der Waals surface area contributed by atoms with Gasteiger partial charge in [-0.15, -0.1) is 11.3 Å². The first kappa shape index (κ1) is 8.21. The third-order valence-electron chi connectivity index (χ3n) is 1.22. The maximum Gasteiger partial charge on any atom is 0.126 e. The number of halogens is 1. The van der Waals surface area contributed by atoms with Crippen LogP contribution in [0, 0.1) is 0 Å². The highest BCUT2D eigenvalue weighted by molar-refractivity contribution is 7.10. The summed E-state index contributed by atoms with van der Waals surface area (Å²) < 4.78 is 12.9. The highest BCUT2D eigenvalue weighted by atomic mass is 32.1. The van der Waals surface area contributed by atoms with Crippen molar-refractivity contribution in [2.45, 2.75) is 6.92 Å². The molecule has 58 valence electrons. The Morgan fingerprint density at radius 3 is 2.91 bits per heavy atom. The second-order valence-electron chi connectivity index (χ2n) is 2.29. The van der Waals surface area contributed by atoms with Gasteiger partial charge in [0, 0.05) is 4.88 Å². The molecule has 0 nitrogen and oxygen atoms in total. The van der Waals surface area contributed by atoms with Crippen LogP contribution in [0.15, 0.2) is 35.5 Å². The van der Waals surface area contributed by atoms with Crippen LogP contribution in [0.5, 0.6) is 0 Å². The van der Waals surface area contributed by atoms with Crippen LogP contribution in [0.2, 0.25) is 0 Å². The van der Waals surface area contributed by atoms with Crippen molar-refractivity contribution >= 4 is 17.4 Å². The molecule has 0 spiro atoms. The summed E-state index contributed by atoms with van der Waals surface area (Å²) >= 11 is 1.51. The minimum Gasteiger partial charge on any atom is -0.207 e. The summed E-state index contributed by atoms with van der Waals surface area (Å²) in [4.78, 5) is 0.922. The molecule has 0 N–H and O–H groups in total. The molecule has 1 rings (SSSR count). The molecule has 0 aliphatic rings. The molecule has 1 aromatic rings. The molecule has 2 heteroatoms. The Bertz CT molecular complexity index is 270. The smallest absolute Gasteiger partial charge is 0.126 e. The SMILES string of the molecule is C=C(C)/C(F)=C/c1cccs1. The standard InChI is InChI=1S/C9H9FS/c1-7(2)9(10)6-8-4-3-5-11-8/h3-6H,1H2,2H3/b9-6-. The van der Waals surface area contributed by atoms with Crippen LogP contribution in [0.3, 0.4) is 0 Å². The second-order valence-corrected chi connectivity index (χ2v) is 3.27. The first-order chi connectivity index (χ1) is 5.20. The van der Waals surface area contributed by atoms with Crippen LogP contribution < -0.4 is 0 Å². The summed E-state index contributed by atoms with van der Waals surface area (Å²) in [6.07, 6.45) is 1.49. The van der Waals surface area contributed by atoms with E-state index in [1.807, 2.05) is 17.5 Å². The average molecular weight is 168 g/mol. The van der Waals surface area contributed by atoms with E-state index in [0.29, 0.717) is 5.57 Å². The van der Waals surface area contributed by atoms with Gasteiger partial charge in [-0.25, -0.2) is 4.39 Å². The Morgan fingerprint density at radius 2 is 2.45 bits per heavy atom. The summed E-state index contributed by atoms with van der Waals surface area (Å²) in [5.74, 6) is -0.243. The monoisotopic (exact) mass is 168 g/mol. The lowest BCUT2D eigenvalue weighted by Crippen LogP contribution is -1.71. The van der Waals surface area contributed by atoms with E-state index in [1.54, 1.807) is 6.92 Å². The first-order valence-electron chi connectivity index (χ1n) is 3.27. The van der Waals surface area contributed by atoms with Gasteiger partial charge in [-0.2, -0.15) is 0 Å². The minimum atomic E-state index is -0.243. The summed E-state index contributed by atoms with van der Waals surface area (Å²) in [5, 5.41) is 1.91. The summed E-state index contributed by atoms with van der Waals surface area (Å²) in [7, 11) is 0. The Labute approximate surface area is 69.7 Å². The molecule has 1 aromatic heterocycles. The van der Waals surface area contributed by atoms with Crippen molar-refractivity contribution in [1.29, 1.82) is 0 Å². The van der Waals surface area contributed by atoms with E-state index >= 15 is 0 Å². The van der Waals surface area contributed by atoms with Crippen molar-refractivity contribution in [1.82, 2.24) is 0 Å². The molecule has 0 radical (unpaired) electrons. The summed E-state index contributed by atoms with van der Waals surface area (Å²) in [5.41, 5.74) is 0.471. The van der Waals surface area contributed by atoms with Gasteiger partial charge in [-0.1, -0.05) is 12.6 Å². The van der Waals surface area contributed by atoms with Gasteiger partial charge in [-0.05, 0) is 30.0 Å². The lowest BCUT2D eigenvalue weighted by Gasteiger charge is -1.91. The van der Waals surface area contributed by atoms with Crippen molar-refractivity contribution in [3.05, 3.63) is 40.4 Å². The van der Waals surface area contributed by atoms with Crippen LogP contribution in [-0.4, -0.2) is 0 Å². The zero-order valence-corrected chi connectivity index (χ0v) is 7.12. The zero-order valence-electron chi connectivity index (χ0n) is 6.30. The molecule has 11 heavy (non-hydrogen) atoms. The normalized spacial score (nSPS) is 11.6. The highest BCUT2D eigenvalue weighted by Gasteiger charge is 1.95. The molecule has 0 bridgehead atoms. The maximum atomic E-state index is 12.9. The van der Waals surface area contributed by atoms with E-state index in [0.717, 1.165) is 4.88 Å². The fourth-order valence-electron chi connectivity index (χ4n) is 0.621. The number of hydrogen-bond donors (Lipinski definition) is 0. The van der Waals surface area contributed by atoms with Gasteiger partial charge in [0.25, 0.3) is 0 Å². The predicted octanol–water partition coefficient (Wildman–Crippen LogP) is 3.63. The third kappa shape index (κ3) is 2.31. The summed E-state index contributed by atoms with van der Waals surface area (Å²) in [6, 6.07) is 3.76. The van der Waals surface area contributed by atoms with Crippen molar-refractivity contribution in [2.75, 3.05) is 0 Å². The van der Waals surface area contributed by atoms with Crippen molar-refractivity contribution in [3.63, 3.8) is 0 Å². The van der Waals surface area contributed by atoms with E-state index in [2.05, 4.69) is 6.58 Å². The molecular weight excluding hydrogens is 159 g/mol. The fourth-order valence-corrected chi connectivity index (χ4v) is 1.26. The van der Waals surface area contributed by atoms with E-state index in [1.165, 1.54) is 17.4 Å². The van der Waals surface area contributed by atoms with Crippen LogP contribution >= 0.6 is 11.3 Å². The molecule has 0 unspecified atom stereocenters. The van der Waals surface area contributed by atoms with Crippen LogP contribution in [0.25, 0.3) is 6.08 Å². The predicted molar refractivity (Wildman–Crippen MR) is 48.2 cm³/mol. The zero-order chi connectivity index (χ0) is 8.27. The van der Waals surface area contributed by atoms with E-state index in [-0.39, 0.29) is 5.83 Å². The van der Waals surface area contributed by atoms with Crippen LogP contribution in [-0.2, 0) is 0 Å². The maximum absolute atomic E-state index is 12.9. The van der Waals surface area contributed by atoms with Gasteiger partial charge < -0.3 is 0 Å². The quantitative estimate of drug-likeness (QED) is 0.591. The van der Waals surface area contributed by atoms with Crippen molar-refractivity contribution < 1.29 is 4.39 Å². The Kier molecular flexibility index (Phi) is 2.60. The van der Waals surface area contributed by atoms with Gasteiger partial charge in [0.15, 0.2) is 0 Å². The highest BCUT2D eigenvalue weighted by Crippen LogP contribution is 2.17. The summed E-state index contributed by atoms with van der Waals surface area (Å²) in [6.45, 7) is 5.15. The molecule has 0 atom stereocenters. The lowest BCUT2D eigenvalue weighted by molar-refractivity contribution is 0.660. The molecule has 0 aliphatic carbocycles. The van der Waals surface area contributed by atoms with E-state index in [4.69, 9.17) is 0 Å². The Morgan fingerprint density at radius 1 is 1.73 bits per heavy atom. The van der Waals surface area contributed by atoms with Gasteiger partial charge >= 0.3 is 0 Å². The lowest BCUT2D eigenvalue weighted by atomic mass is 10.3. The van der Waals surface area contributed by atoms with Crippen LogP contribution in [0.1, 0.15) is 11.8 Å². The van der Waals surface area contributed by atoms with E-state index < -0.39 is 0 Å². The average Bonchev–Trinajstić information content (AvgIpc) is 2.39. The number of allylic oxidation sites excluding steroid dienone is 2. The van der Waals surface area contributed by atoms with Gasteiger partial charge in [0.1, 0.15) is 5.83 Å². The van der Waals surface area contributed by atoms with E-state index in [9.17, 15) is 4.39 Å². The molecule has 1 heterocycles. The number of hydrogen-bond acceptors (Lipinski definition) is 1. The van der Waals surface area contributed by atoms with Gasteiger partial charge in [-0.3, -0.25) is 0 Å².